The molecule has 0 heterocycles. The van der Waals surface area contributed by atoms with Crippen molar-refractivity contribution in [1.29, 1.82) is 0 Å². The van der Waals surface area contributed by atoms with E-state index in [0.717, 1.165) is 0 Å². The monoisotopic (exact) mass is 319 g/mol. The summed E-state index contributed by atoms with van der Waals surface area (Å²) in [5, 5.41) is 3.12. The number of hydrogen-bond donors (Lipinski definition) is 3. The van der Waals surface area contributed by atoms with Crippen molar-refractivity contribution >= 4 is 32.2 Å². The van der Waals surface area contributed by atoms with Crippen molar-refractivity contribution < 1.29 is 12.6 Å². The summed E-state index contributed by atoms with van der Waals surface area (Å²) < 4.78 is 37.3. The van der Waals surface area contributed by atoms with Gasteiger partial charge in [0.25, 0.3) is 0 Å². The van der Waals surface area contributed by atoms with Crippen LogP contribution >= 0.6 is 0 Å². The second kappa shape index (κ2) is 7.05. The maximum absolute atomic E-state index is 12.0. The van der Waals surface area contributed by atoms with Gasteiger partial charge >= 0.3 is 0 Å². The van der Waals surface area contributed by atoms with Gasteiger partial charge in [-0.1, -0.05) is 0 Å². The van der Waals surface area contributed by atoms with E-state index < -0.39 is 20.8 Å². The van der Waals surface area contributed by atoms with Gasteiger partial charge in [-0.3, -0.25) is 4.21 Å². The SMILES string of the molecule is CNS(=O)(=O)c1cc(N)ccc1NC(C)CCS(C)=O. The summed E-state index contributed by atoms with van der Waals surface area (Å²) in [7, 11) is -3.09. The molecule has 0 spiro atoms. The number of anilines is 2. The van der Waals surface area contributed by atoms with Gasteiger partial charge in [0.1, 0.15) is 4.90 Å². The highest BCUT2D eigenvalue weighted by molar-refractivity contribution is 7.89. The van der Waals surface area contributed by atoms with Gasteiger partial charge in [0.2, 0.25) is 10.0 Å². The normalized spacial score (nSPS) is 14.8. The van der Waals surface area contributed by atoms with E-state index in [0.29, 0.717) is 23.5 Å². The van der Waals surface area contributed by atoms with Crippen LogP contribution in [-0.4, -0.2) is 37.7 Å². The lowest BCUT2D eigenvalue weighted by Gasteiger charge is -2.18. The number of benzene rings is 1. The molecule has 0 aliphatic heterocycles. The lowest BCUT2D eigenvalue weighted by molar-refractivity contribution is 0.588. The number of nitrogens with one attached hydrogen (secondary N) is 2. The Labute approximate surface area is 122 Å². The summed E-state index contributed by atoms with van der Waals surface area (Å²) in [6.07, 6.45) is 2.33. The second-order valence-electron chi connectivity index (χ2n) is 4.57. The van der Waals surface area contributed by atoms with Crippen LogP contribution in [0.5, 0.6) is 0 Å². The van der Waals surface area contributed by atoms with Gasteiger partial charge in [0.15, 0.2) is 0 Å². The third-order valence-electron chi connectivity index (χ3n) is 2.80. The van der Waals surface area contributed by atoms with Crippen LogP contribution in [0.2, 0.25) is 0 Å². The Balaban J connectivity index is 2.98. The number of hydrogen-bond acceptors (Lipinski definition) is 5. The smallest absolute Gasteiger partial charge is 0.242 e. The molecule has 1 rings (SSSR count). The molecule has 0 amide bonds. The minimum Gasteiger partial charge on any atom is -0.399 e. The molecule has 2 atom stereocenters. The highest BCUT2D eigenvalue weighted by Gasteiger charge is 2.18. The molecule has 2 unspecified atom stereocenters. The average molecular weight is 319 g/mol. The highest BCUT2D eigenvalue weighted by Crippen LogP contribution is 2.24. The van der Waals surface area contributed by atoms with Crippen molar-refractivity contribution in [3.05, 3.63) is 18.2 Å². The van der Waals surface area contributed by atoms with Crippen molar-refractivity contribution in [3.63, 3.8) is 0 Å². The third kappa shape index (κ3) is 4.77. The minimum atomic E-state index is -3.58. The van der Waals surface area contributed by atoms with E-state index in [9.17, 15) is 12.6 Å². The number of rotatable bonds is 7. The van der Waals surface area contributed by atoms with E-state index >= 15 is 0 Å². The number of sulfonamides is 1. The third-order valence-corrected chi connectivity index (χ3v) is 5.07. The predicted octanol–water partition coefficient (Wildman–Crippen LogP) is 0.746. The molecule has 4 N–H and O–H groups in total. The van der Waals surface area contributed by atoms with Gasteiger partial charge in [-0.15, -0.1) is 0 Å². The summed E-state index contributed by atoms with van der Waals surface area (Å²) in [4.78, 5) is 0.115. The van der Waals surface area contributed by atoms with E-state index in [1.807, 2.05) is 6.92 Å². The number of nitrogen functional groups attached to an aromatic ring is 1. The average Bonchev–Trinajstić information content (AvgIpc) is 2.38. The maximum atomic E-state index is 12.0. The van der Waals surface area contributed by atoms with Gasteiger partial charge < -0.3 is 11.1 Å². The molecule has 0 saturated carbocycles. The molecule has 20 heavy (non-hydrogen) atoms. The first kappa shape index (κ1) is 16.9. The van der Waals surface area contributed by atoms with Crippen LogP contribution in [0.15, 0.2) is 23.1 Å². The molecule has 1 aromatic rings. The lowest BCUT2D eigenvalue weighted by atomic mass is 10.2. The topological polar surface area (TPSA) is 101 Å². The van der Waals surface area contributed by atoms with Crippen molar-refractivity contribution in [3.8, 4) is 0 Å². The molecular formula is C12H21N3O3S2. The zero-order valence-electron chi connectivity index (χ0n) is 11.8. The van der Waals surface area contributed by atoms with Crippen molar-refractivity contribution in [2.45, 2.75) is 24.3 Å². The first-order valence-corrected chi connectivity index (χ1v) is 9.37. The first-order chi connectivity index (χ1) is 9.26. The van der Waals surface area contributed by atoms with Crippen molar-refractivity contribution in [1.82, 2.24) is 4.72 Å². The van der Waals surface area contributed by atoms with Gasteiger partial charge in [0.05, 0.1) is 5.69 Å². The summed E-state index contributed by atoms with van der Waals surface area (Å²) >= 11 is 0. The number of nitrogens with two attached hydrogens (primary N) is 1. The largest absolute Gasteiger partial charge is 0.399 e. The van der Waals surface area contributed by atoms with Crippen molar-refractivity contribution in [2.75, 3.05) is 30.1 Å². The summed E-state index contributed by atoms with van der Waals surface area (Å²) in [6.45, 7) is 1.92. The molecular weight excluding hydrogens is 298 g/mol. The van der Waals surface area contributed by atoms with Gasteiger partial charge in [-0.25, -0.2) is 13.1 Å². The second-order valence-corrected chi connectivity index (χ2v) is 7.98. The Morgan fingerprint density at radius 3 is 2.60 bits per heavy atom. The summed E-state index contributed by atoms with van der Waals surface area (Å²) in [6, 6.07) is 4.70. The molecule has 0 radical (unpaired) electrons. The molecule has 1 aromatic carbocycles. The van der Waals surface area contributed by atoms with E-state index in [-0.39, 0.29) is 10.9 Å². The standard InChI is InChI=1S/C12H21N3O3S2/c1-9(6-7-19(3)16)15-11-5-4-10(13)8-12(11)20(17,18)14-2/h4-5,8-9,14-15H,6-7,13H2,1-3H3. The quantitative estimate of drug-likeness (QED) is 0.644. The van der Waals surface area contributed by atoms with Gasteiger partial charge in [0, 0.05) is 34.5 Å². The fourth-order valence-corrected chi connectivity index (χ4v) is 3.28. The fraction of sp³-hybridized carbons (Fsp3) is 0.500. The molecule has 0 aromatic heterocycles. The molecule has 114 valence electrons. The van der Waals surface area contributed by atoms with Crippen LogP contribution in [0.3, 0.4) is 0 Å². The summed E-state index contributed by atoms with van der Waals surface area (Å²) in [5.74, 6) is 0.567. The Kier molecular flexibility index (Phi) is 5.97. The van der Waals surface area contributed by atoms with Gasteiger partial charge in [-0.2, -0.15) is 0 Å². The fourth-order valence-electron chi connectivity index (χ4n) is 1.67. The van der Waals surface area contributed by atoms with Crippen LogP contribution in [0.1, 0.15) is 13.3 Å². The Bertz CT molecular complexity index is 588. The lowest BCUT2D eigenvalue weighted by Crippen LogP contribution is -2.23. The van der Waals surface area contributed by atoms with Crippen LogP contribution < -0.4 is 15.8 Å². The van der Waals surface area contributed by atoms with Crippen LogP contribution in [0, 0.1) is 0 Å². The van der Waals surface area contributed by atoms with Crippen molar-refractivity contribution in [2.24, 2.45) is 0 Å². The molecule has 0 aliphatic carbocycles. The Hall–Kier alpha value is -1.12. The Morgan fingerprint density at radius 2 is 2.05 bits per heavy atom. The molecule has 6 nitrogen and oxygen atoms in total. The predicted molar refractivity (Wildman–Crippen MR) is 83.7 cm³/mol. The Morgan fingerprint density at radius 1 is 1.40 bits per heavy atom. The zero-order chi connectivity index (χ0) is 15.3. The van der Waals surface area contributed by atoms with E-state index in [1.54, 1.807) is 18.4 Å². The van der Waals surface area contributed by atoms with Crippen LogP contribution in [-0.2, 0) is 20.8 Å². The van der Waals surface area contributed by atoms with Gasteiger partial charge in [-0.05, 0) is 38.6 Å². The molecule has 0 bridgehead atoms. The molecule has 0 saturated heterocycles. The van der Waals surface area contributed by atoms with E-state index in [1.165, 1.54) is 13.1 Å². The molecule has 0 aliphatic rings. The van der Waals surface area contributed by atoms with Crippen LogP contribution in [0.25, 0.3) is 0 Å². The highest BCUT2D eigenvalue weighted by atomic mass is 32.2. The van der Waals surface area contributed by atoms with E-state index in [2.05, 4.69) is 10.0 Å². The molecule has 8 heteroatoms. The maximum Gasteiger partial charge on any atom is 0.242 e. The first-order valence-electron chi connectivity index (χ1n) is 6.16. The minimum absolute atomic E-state index is 0.00771. The summed E-state index contributed by atoms with van der Waals surface area (Å²) in [5.41, 5.74) is 6.52. The molecule has 0 fully saturated rings. The van der Waals surface area contributed by atoms with E-state index in [4.69, 9.17) is 5.73 Å². The zero-order valence-corrected chi connectivity index (χ0v) is 13.5. The van der Waals surface area contributed by atoms with Crippen LogP contribution in [0.4, 0.5) is 11.4 Å².